The minimum atomic E-state index is -4.45. The van der Waals surface area contributed by atoms with Gasteiger partial charge in [0.1, 0.15) is 62.5 Å². The Balaban J connectivity index is 0.000000154. The van der Waals surface area contributed by atoms with E-state index < -0.39 is 17.6 Å². The molecule has 94 heavy (non-hydrogen) atoms. The molecule has 3 amide bonds. The number of benzene rings is 6. The lowest BCUT2D eigenvalue weighted by atomic mass is 9.85. The van der Waals surface area contributed by atoms with Crippen molar-refractivity contribution in [1.29, 1.82) is 0 Å². The lowest BCUT2D eigenvalue weighted by Crippen LogP contribution is -2.48. The molecule has 12 nitrogen and oxygen atoms in total. The van der Waals surface area contributed by atoms with Crippen molar-refractivity contribution in [3.63, 3.8) is 0 Å². The van der Waals surface area contributed by atoms with Crippen LogP contribution >= 0.6 is 23.5 Å². The SMILES string of the molecule is CC(C)(C)c1ccc2c(c1)C=C(C(=O)Nc1ccc(C[N+](C)(C)C3CCCCC3)cc1)CO2.C[N+](C)(Cc1ccc(NC(=O)C2=Cc3c(F)cccc3OC2)cc1)C1CCSC1.C[N+](C)(Cc1ccc(NC(=O)C2=Cc3cc(C(F)(F)F)ccc3OC2)cc1)C1CCSC1. The van der Waals surface area contributed by atoms with E-state index >= 15 is 0 Å². The van der Waals surface area contributed by atoms with Crippen molar-refractivity contribution in [3.05, 3.63) is 194 Å². The Morgan fingerprint density at radius 1 is 0.479 bits per heavy atom. The number of nitrogens with zero attached hydrogens (tertiary/aromatic N) is 3. The lowest BCUT2D eigenvalue weighted by molar-refractivity contribution is -0.929. The normalized spacial score (nSPS) is 18.0. The molecular formula is C76H91F4N6O6S2+3. The van der Waals surface area contributed by atoms with E-state index in [-0.39, 0.29) is 47.5 Å². The first-order valence-corrected chi connectivity index (χ1v) is 35.0. The summed E-state index contributed by atoms with van der Waals surface area (Å²) < 4.78 is 72.7. The van der Waals surface area contributed by atoms with Crippen LogP contribution in [-0.4, -0.2) is 134 Å². The Kier molecular flexibility index (Phi) is 22.0. The molecule has 18 heteroatoms. The number of alkyl halides is 3. The quantitative estimate of drug-likeness (QED) is 0.0688. The molecule has 0 radical (unpaired) electrons. The predicted molar refractivity (Wildman–Crippen MR) is 374 cm³/mol. The van der Waals surface area contributed by atoms with Gasteiger partial charge in [-0.1, -0.05) is 75.7 Å². The molecule has 2 atom stereocenters. The van der Waals surface area contributed by atoms with E-state index in [4.69, 9.17) is 14.2 Å². The van der Waals surface area contributed by atoms with Crippen LogP contribution in [-0.2, 0) is 45.6 Å². The number of carbonyl (C=O) groups excluding carboxylic acids is 3. The van der Waals surface area contributed by atoms with Gasteiger partial charge >= 0.3 is 6.18 Å². The fraction of sp³-hybridized carbons (Fsp3) is 0.408. The molecule has 498 valence electrons. The van der Waals surface area contributed by atoms with E-state index in [1.54, 1.807) is 18.2 Å². The number of amides is 3. The van der Waals surface area contributed by atoms with Gasteiger partial charge in [0, 0.05) is 69.2 Å². The van der Waals surface area contributed by atoms with E-state index in [0.717, 1.165) is 73.9 Å². The molecule has 5 heterocycles. The van der Waals surface area contributed by atoms with Gasteiger partial charge < -0.3 is 43.6 Å². The Morgan fingerprint density at radius 2 is 0.872 bits per heavy atom. The Bertz CT molecular complexity index is 3770. The van der Waals surface area contributed by atoms with Gasteiger partial charge in [-0.25, -0.2) is 4.39 Å². The van der Waals surface area contributed by atoms with E-state index in [2.05, 4.69) is 115 Å². The number of thioether (sulfide) groups is 2. The summed E-state index contributed by atoms with van der Waals surface area (Å²) in [4.78, 5) is 38.2. The minimum Gasteiger partial charge on any atom is -0.488 e. The second kappa shape index (κ2) is 29.7. The molecule has 3 fully saturated rings. The third-order valence-electron chi connectivity index (χ3n) is 19.0. The summed E-state index contributed by atoms with van der Waals surface area (Å²) in [6.07, 6.45) is 9.80. The molecule has 3 N–H and O–H groups in total. The fourth-order valence-corrected chi connectivity index (χ4v) is 15.9. The first-order valence-electron chi connectivity index (χ1n) is 32.6. The van der Waals surface area contributed by atoms with E-state index in [1.807, 2.05) is 84.2 Å². The van der Waals surface area contributed by atoms with Gasteiger partial charge in [0.2, 0.25) is 0 Å². The Labute approximate surface area is 561 Å². The van der Waals surface area contributed by atoms with Crippen molar-refractivity contribution in [2.75, 3.05) is 101 Å². The van der Waals surface area contributed by atoms with Crippen molar-refractivity contribution in [2.24, 2.45) is 0 Å². The molecule has 12 rings (SSSR count). The second-order valence-corrected chi connectivity index (χ2v) is 30.7. The van der Waals surface area contributed by atoms with Gasteiger partial charge in [0.25, 0.3) is 17.7 Å². The van der Waals surface area contributed by atoms with Gasteiger partial charge in [0.05, 0.1) is 88.3 Å². The predicted octanol–water partition coefficient (Wildman–Crippen LogP) is 15.8. The third-order valence-corrected chi connectivity index (χ3v) is 21.3. The van der Waals surface area contributed by atoms with E-state index in [1.165, 1.54) is 108 Å². The summed E-state index contributed by atoms with van der Waals surface area (Å²) in [5, 5.41) is 8.75. The molecule has 2 unspecified atom stereocenters. The zero-order valence-electron chi connectivity index (χ0n) is 55.7. The highest BCUT2D eigenvalue weighted by Crippen LogP contribution is 2.38. The highest BCUT2D eigenvalue weighted by Gasteiger charge is 2.35. The molecule has 2 saturated heterocycles. The highest BCUT2D eigenvalue weighted by molar-refractivity contribution is 7.99. The molecule has 1 aliphatic carbocycles. The summed E-state index contributed by atoms with van der Waals surface area (Å²) in [5.41, 5.74) is 9.31. The smallest absolute Gasteiger partial charge is 0.416 e. The van der Waals surface area contributed by atoms with Crippen LogP contribution in [0.3, 0.4) is 0 Å². The Morgan fingerprint density at radius 3 is 1.28 bits per heavy atom. The van der Waals surface area contributed by atoms with Crippen molar-refractivity contribution in [2.45, 2.75) is 115 Å². The summed E-state index contributed by atoms with van der Waals surface area (Å²) in [5.74, 6) is 5.37. The summed E-state index contributed by atoms with van der Waals surface area (Å²) in [6.45, 7) is 9.89. The number of fused-ring (bicyclic) bond motifs is 3. The van der Waals surface area contributed by atoms with Crippen LogP contribution in [0.2, 0.25) is 0 Å². The maximum atomic E-state index is 14.0. The first-order chi connectivity index (χ1) is 44.7. The lowest BCUT2D eigenvalue weighted by Gasteiger charge is -2.40. The number of nitrogens with one attached hydrogen (secondary N) is 3. The maximum Gasteiger partial charge on any atom is 0.416 e. The van der Waals surface area contributed by atoms with Crippen LogP contribution in [0.5, 0.6) is 17.2 Å². The molecule has 6 aromatic carbocycles. The van der Waals surface area contributed by atoms with E-state index in [9.17, 15) is 31.9 Å². The number of halogens is 4. The van der Waals surface area contributed by atoms with Gasteiger partial charge in [-0.3, -0.25) is 14.4 Å². The van der Waals surface area contributed by atoms with Crippen LogP contribution in [0, 0.1) is 5.82 Å². The molecule has 5 aliphatic heterocycles. The zero-order valence-corrected chi connectivity index (χ0v) is 57.4. The fourth-order valence-electron chi connectivity index (χ4n) is 13.0. The third kappa shape index (κ3) is 18.2. The number of quaternary nitrogens is 3. The molecule has 0 aromatic heterocycles. The van der Waals surface area contributed by atoms with Crippen molar-refractivity contribution in [1.82, 2.24) is 0 Å². The van der Waals surface area contributed by atoms with Crippen molar-refractivity contribution < 1.29 is 59.6 Å². The molecule has 1 saturated carbocycles. The Hall–Kier alpha value is -7.35. The number of hydrogen-bond acceptors (Lipinski definition) is 8. The van der Waals surface area contributed by atoms with Gasteiger partial charge in [-0.2, -0.15) is 36.7 Å². The first kappa shape index (κ1) is 69.5. The van der Waals surface area contributed by atoms with Gasteiger partial charge in [-0.05, 0) is 145 Å². The zero-order chi connectivity index (χ0) is 67.0. The highest BCUT2D eigenvalue weighted by atomic mass is 32.2. The van der Waals surface area contributed by atoms with Gasteiger partial charge in [0.15, 0.2) is 0 Å². The second-order valence-electron chi connectivity index (χ2n) is 28.4. The average Bonchev–Trinajstić information content (AvgIpc) is 1.07. The number of ether oxygens (including phenoxy) is 3. The molecular weight excluding hydrogens is 1230 g/mol. The standard InChI is InChI=1S/C29H38N2O2.C24H25F3N2O2S.C23H25FN2O2S/c1-29(2,3)24-13-16-27-22(18-24)17-23(20-33-27)28(32)30-25-14-11-21(12-15-25)19-31(4,5)26-9-7-6-8-10-26;1-29(2,21-9-10-32-15-21)13-16-3-6-20(7-4-16)28-23(30)18-11-17-12-19(24(25,26)27)5-8-22(17)31-14-18;1-26(2,19-10-11-29-15-19)13-16-6-8-18(9-7-16)25-23(27)17-12-20-21(24)4-3-5-22(20)28-14-17/h11-18,26H,6-10,19-20H2,1-5H3;3-8,11-12,21H,9-10,13-15H2,1-2H3;3-9,12,19H,10-11,13-15H2,1-2H3/p+3. The molecule has 0 spiro atoms. The average molecular weight is 1320 g/mol. The summed E-state index contributed by atoms with van der Waals surface area (Å²) in [6, 6.07) is 40.3. The van der Waals surface area contributed by atoms with Crippen LogP contribution in [0.25, 0.3) is 18.2 Å². The number of carbonyl (C=O) groups is 3. The molecule has 6 aliphatic rings. The summed E-state index contributed by atoms with van der Waals surface area (Å²) in [7, 11) is 13.8. The summed E-state index contributed by atoms with van der Waals surface area (Å²) >= 11 is 4.04. The van der Waals surface area contributed by atoms with Crippen molar-refractivity contribution in [3.8, 4) is 17.2 Å². The largest absolute Gasteiger partial charge is 0.488 e. The van der Waals surface area contributed by atoms with Gasteiger partial charge in [-0.15, -0.1) is 0 Å². The number of rotatable bonds is 15. The topological polar surface area (TPSA) is 115 Å². The van der Waals surface area contributed by atoms with Crippen LogP contribution in [0.15, 0.2) is 144 Å². The molecule has 0 bridgehead atoms. The minimum absolute atomic E-state index is 0.00729. The maximum absolute atomic E-state index is 14.0. The molecule has 6 aromatic rings. The number of hydrogen-bond donors (Lipinski definition) is 3. The van der Waals surface area contributed by atoms with Crippen LogP contribution in [0.4, 0.5) is 34.6 Å². The van der Waals surface area contributed by atoms with E-state index in [0.29, 0.717) is 52.6 Å². The van der Waals surface area contributed by atoms with Crippen LogP contribution in [0.1, 0.15) is 110 Å². The van der Waals surface area contributed by atoms with Crippen molar-refractivity contribution >= 4 is 76.5 Å². The number of anilines is 3. The van der Waals surface area contributed by atoms with Crippen LogP contribution < -0.4 is 30.2 Å². The monoisotopic (exact) mass is 1320 g/mol.